The Hall–Kier alpha value is -3.12. The number of nitrogens with one attached hydrogen (secondary N) is 2. The van der Waals surface area contributed by atoms with Crippen LogP contribution in [0.25, 0.3) is 22.4 Å². The first-order valence-corrected chi connectivity index (χ1v) is 9.46. The predicted octanol–water partition coefficient (Wildman–Crippen LogP) is 4.16. The number of hydrogen-bond acceptors (Lipinski definition) is 4. The van der Waals surface area contributed by atoms with Crippen molar-refractivity contribution in [3.63, 3.8) is 0 Å². The van der Waals surface area contributed by atoms with Crippen molar-refractivity contribution < 1.29 is 9.21 Å². The summed E-state index contributed by atoms with van der Waals surface area (Å²) >= 11 is 5.89. The summed E-state index contributed by atoms with van der Waals surface area (Å²) in [6, 6.07) is 15.2. The second-order valence-corrected chi connectivity index (χ2v) is 6.86. The van der Waals surface area contributed by atoms with Gasteiger partial charge in [0.05, 0.1) is 17.2 Å². The van der Waals surface area contributed by atoms with E-state index in [0.29, 0.717) is 42.5 Å². The molecule has 142 valence electrons. The molecule has 2 N–H and O–H groups in total. The normalized spacial score (nSPS) is 11.0. The van der Waals surface area contributed by atoms with Crippen LogP contribution in [-0.2, 0) is 17.6 Å². The second kappa shape index (κ2) is 8.27. The highest BCUT2D eigenvalue weighted by molar-refractivity contribution is 6.30. The molecule has 0 atom stereocenters. The quantitative estimate of drug-likeness (QED) is 0.493. The molecule has 2 aromatic carbocycles. The Labute approximate surface area is 167 Å². The van der Waals surface area contributed by atoms with Crippen molar-refractivity contribution in [2.45, 2.75) is 19.3 Å². The van der Waals surface area contributed by atoms with Crippen molar-refractivity contribution in [2.75, 3.05) is 6.54 Å². The molecule has 28 heavy (non-hydrogen) atoms. The van der Waals surface area contributed by atoms with E-state index in [2.05, 4.69) is 20.3 Å². The van der Waals surface area contributed by atoms with Crippen LogP contribution < -0.4 is 5.32 Å². The summed E-state index contributed by atoms with van der Waals surface area (Å²) in [5, 5.41) is 3.58. The van der Waals surface area contributed by atoms with Crippen LogP contribution in [0, 0.1) is 0 Å². The topological polar surface area (TPSA) is 83.8 Å². The van der Waals surface area contributed by atoms with Gasteiger partial charge in [0.2, 0.25) is 5.91 Å². The Kier molecular flexibility index (Phi) is 5.39. The van der Waals surface area contributed by atoms with Gasteiger partial charge in [-0.15, -0.1) is 0 Å². The van der Waals surface area contributed by atoms with Crippen LogP contribution in [0.3, 0.4) is 0 Å². The third-order valence-corrected chi connectivity index (χ3v) is 4.62. The minimum absolute atomic E-state index is 0.0395. The molecule has 0 radical (unpaired) electrons. The van der Waals surface area contributed by atoms with E-state index in [9.17, 15) is 4.79 Å². The summed E-state index contributed by atoms with van der Waals surface area (Å²) < 4.78 is 5.72. The SMILES string of the molecule is O=C(CCc1ncc(-c2ccc(Cl)cc2)o1)NCCc1nc2ccccc2[nH]1. The highest BCUT2D eigenvalue weighted by Crippen LogP contribution is 2.22. The molecular weight excluding hydrogens is 376 g/mol. The molecule has 0 unspecified atom stereocenters. The van der Waals surface area contributed by atoms with Crippen molar-refractivity contribution in [3.05, 3.63) is 71.5 Å². The highest BCUT2D eigenvalue weighted by Gasteiger charge is 2.09. The second-order valence-electron chi connectivity index (χ2n) is 6.43. The van der Waals surface area contributed by atoms with Crippen molar-refractivity contribution in [3.8, 4) is 11.3 Å². The fourth-order valence-corrected chi connectivity index (χ4v) is 3.05. The van der Waals surface area contributed by atoms with Crippen LogP contribution in [-0.4, -0.2) is 27.4 Å². The number of rotatable bonds is 7. The Bertz CT molecular complexity index is 1050. The molecule has 4 rings (SSSR count). The zero-order chi connectivity index (χ0) is 19.3. The monoisotopic (exact) mass is 394 g/mol. The van der Waals surface area contributed by atoms with Gasteiger partial charge in [0.25, 0.3) is 0 Å². The summed E-state index contributed by atoms with van der Waals surface area (Å²) in [6.45, 7) is 0.528. The summed E-state index contributed by atoms with van der Waals surface area (Å²) in [5.74, 6) is 2.03. The van der Waals surface area contributed by atoms with Crippen molar-refractivity contribution >= 4 is 28.5 Å². The molecular formula is C21H19ClN4O2. The smallest absolute Gasteiger partial charge is 0.220 e. The van der Waals surface area contributed by atoms with Gasteiger partial charge >= 0.3 is 0 Å². The maximum Gasteiger partial charge on any atom is 0.220 e. The molecule has 0 aliphatic rings. The average molecular weight is 395 g/mol. The number of halogens is 1. The van der Waals surface area contributed by atoms with Gasteiger partial charge in [0, 0.05) is 36.4 Å². The molecule has 1 amide bonds. The zero-order valence-corrected chi connectivity index (χ0v) is 15.9. The lowest BCUT2D eigenvalue weighted by Gasteiger charge is -2.02. The van der Waals surface area contributed by atoms with Crippen LogP contribution in [0.1, 0.15) is 18.1 Å². The number of amides is 1. The van der Waals surface area contributed by atoms with E-state index in [1.54, 1.807) is 18.3 Å². The highest BCUT2D eigenvalue weighted by atomic mass is 35.5. The Morgan fingerprint density at radius 2 is 1.93 bits per heavy atom. The van der Waals surface area contributed by atoms with Gasteiger partial charge in [0.1, 0.15) is 5.82 Å². The first-order chi connectivity index (χ1) is 13.7. The average Bonchev–Trinajstić information content (AvgIpc) is 3.33. The number of carbonyl (C=O) groups is 1. The lowest BCUT2D eigenvalue weighted by atomic mass is 10.2. The molecule has 6 nitrogen and oxygen atoms in total. The van der Waals surface area contributed by atoms with Crippen LogP contribution >= 0.6 is 11.6 Å². The molecule has 0 fully saturated rings. The maximum absolute atomic E-state index is 12.1. The van der Waals surface area contributed by atoms with E-state index in [1.807, 2.05) is 36.4 Å². The van der Waals surface area contributed by atoms with Gasteiger partial charge in [-0.05, 0) is 36.4 Å². The number of para-hydroxylation sites is 2. The standard InChI is InChI=1S/C21H19ClN4O2/c22-15-7-5-14(6-8-15)18-13-24-21(28-18)10-9-20(27)23-12-11-19-25-16-3-1-2-4-17(16)26-19/h1-8,13H,9-12H2,(H,23,27)(H,25,26). The Morgan fingerprint density at radius 1 is 1.11 bits per heavy atom. The zero-order valence-electron chi connectivity index (χ0n) is 15.1. The van der Waals surface area contributed by atoms with E-state index in [-0.39, 0.29) is 5.91 Å². The number of fused-ring (bicyclic) bond motifs is 1. The lowest BCUT2D eigenvalue weighted by Crippen LogP contribution is -2.26. The van der Waals surface area contributed by atoms with Gasteiger partial charge < -0.3 is 14.7 Å². The van der Waals surface area contributed by atoms with Crippen molar-refractivity contribution in [1.82, 2.24) is 20.3 Å². The Balaban J connectivity index is 1.24. The van der Waals surface area contributed by atoms with Crippen LogP contribution in [0.4, 0.5) is 0 Å². The number of H-pyrrole nitrogens is 1. The number of aryl methyl sites for hydroxylation is 1. The van der Waals surface area contributed by atoms with Gasteiger partial charge in [-0.25, -0.2) is 9.97 Å². The molecule has 0 saturated heterocycles. The fraction of sp³-hybridized carbons (Fsp3) is 0.190. The number of aromatic amines is 1. The summed E-state index contributed by atoms with van der Waals surface area (Å²) in [6.07, 6.45) is 3.09. The number of oxazole rings is 1. The summed E-state index contributed by atoms with van der Waals surface area (Å²) in [7, 11) is 0. The van der Waals surface area contributed by atoms with Gasteiger partial charge in [-0.2, -0.15) is 0 Å². The Morgan fingerprint density at radius 3 is 2.75 bits per heavy atom. The van der Waals surface area contributed by atoms with Gasteiger partial charge in [-0.3, -0.25) is 4.79 Å². The van der Waals surface area contributed by atoms with E-state index in [0.717, 1.165) is 22.4 Å². The summed E-state index contributed by atoms with van der Waals surface area (Å²) in [5.41, 5.74) is 2.84. The molecule has 0 spiro atoms. The van der Waals surface area contributed by atoms with Crippen LogP contribution in [0.15, 0.2) is 59.1 Å². The first kappa shape index (κ1) is 18.3. The van der Waals surface area contributed by atoms with Gasteiger partial charge in [0.15, 0.2) is 11.7 Å². The number of imidazole rings is 1. The minimum atomic E-state index is -0.0395. The first-order valence-electron chi connectivity index (χ1n) is 9.08. The number of hydrogen-bond donors (Lipinski definition) is 2. The minimum Gasteiger partial charge on any atom is -0.441 e. The largest absolute Gasteiger partial charge is 0.441 e. The van der Waals surface area contributed by atoms with Crippen molar-refractivity contribution in [2.24, 2.45) is 0 Å². The molecule has 2 heterocycles. The molecule has 0 saturated carbocycles. The molecule has 4 aromatic rings. The molecule has 2 aromatic heterocycles. The molecule has 7 heteroatoms. The van der Waals surface area contributed by atoms with E-state index >= 15 is 0 Å². The number of aromatic nitrogens is 3. The van der Waals surface area contributed by atoms with E-state index in [1.165, 1.54) is 0 Å². The lowest BCUT2D eigenvalue weighted by molar-refractivity contribution is -0.121. The third-order valence-electron chi connectivity index (χ3n) is 4.37. The molecule has 0 aliphatic carbocycles. The summed E-state index contributed by atoms with van der Waals surface area (Å²) in [4.78, 5) is 24.1. The number of benzene rings is 2. The fourth-order valence-electron chi connectivity index (χ4n) is 2.93. The van der Waals surface area contributed by atoms with Crippen molar-refractivity contribution in [1.29, 1.82) is 0 Å². The van der Waals surface area contributed by atoms with Gasteiger partial charge in [-0.1, -0.05) is 23.7 Å². The van der Waals surface area contributed by atoms with E-state index < -0.39 is 0 Å². The molecule has 0 aliphatic heterocycles. The molecule has 0 bridgehead atoms. The van der Waals surface area contributed by atoms with Crippen LogP contribution in [0.2, 0.25) is 5.02 Å². The maximum atomic E-state index is 12.1. The van der Waals surface area contributed by atoms with E-state index in [4.69, 9.17) is 16.0 Å². The third kappa shape index (κ3) is 4.40. The van der Waals surface area contributed by atoms with Crippen LogP contribution in [0.5, 0.6) is 0 Å². The number of carbonyl (C=O) groups excluding carboxylic acids is 1. The number of nitrogens with zero attached hydrogens (tertiary/aromatic N) is 2. The predicted molar refractivity (Wildman–Crippen MR) is 108 cm³/mol.